The maximum Gasteiger partial charge on any atom is 0.347 e. The Bertz CT molecular complexity index is 634. The van der Waals surface area contributed by atoms with E-state index in [9.17, 15) is 4.79 Å². The van der Waals surface area contributed by atoms with Gasteiger partial charge in [-0.15, -0.1) is 11.3 Å². The zero-order valence-corrected chi connectivity index (χ0v) is 13.2. The molecule has 0 aliphatic rings. The summed E-state index contributed by atoms with van der Waals surface area (Å²) in [5, 5.41) is 9.80. The molecule has 0 bridgehead atoms. The highest BCUT2D eigenvalue weighted by atomic mass is 32.1. The van der Waals surface area contributed by atoms with Crippen LogP contribution in [0.4, 0.5) is 0 Å². The van der Waals surface area contributed by atoms with Gasteiger partial charge in [0.2, 0.25) is 0 Å². The standard InChI is InChI=1S/C16H19NO3S/c1-10(2)12-5-4-6-13(9-12)20-8-7-14-17-11(3)15(21-14)16(18)19/h4-6,9-10H,7-8H2,1-3H3,(H,18,19). The van der Waals surface area contributed by atoms with E-state index >= 15 is 0 Å². The molecule has 0 saturated carbocycles. The average molecular weight is 305 g/mol. The highest BCUT2D eigenvalue weighted by Crippen LogP contribution is 2.21. The monoisotopic (exact) mass is 305 g/mol. The van der Waals surface area contributed by atoms with Crippen molar-refractivity contribution in [1.29, 1.82) is 0 Å². The Hall–Kier alpha value is -1.88. The first-order chi connectivity index (χ1) is 9.97. The number of nitrogens with zero attached hydrogens (tertiary/aromatic N) is 1. The van der Waals surface area contributed by atoms with E-state index in [1.54, 1.807) is 6.92 Å². The normalized spacial score (nSPS) is 10.9. The van der Waals surface area contributed by atoms with Crippen LogP contribution in [0.3, 0.4) is 0 Å². The molecule has 4 nitrogen and oxygen atoms in total. The molecule has 1 heterocycles. The fourth-order valence-electron chi connectivity index (χ4n) is 1.98. The minimum atomic E-state index is -0.915. The Kier molecular flexibility index (Phi) is 4.96. The predicted molar refractivity (Wildman–Crippen MR) is 83.5 cm³/mol. The zero-order valence-electron chi connectivity index (χ0n) is 12.4. The van der Waals surface area contributed by atoms with Crippen molar-refractivity contribution in [3.8, 4) is 5.75 Å². The molecule has 2 aromatic rings. The minimum Gasteiger partial charge on any atom is -0.493 e. The van der Waals surface area contributed by atoms with Gasteiger partial charge in [-0.2, -0.15) is 0 Å². The number of hydrogen-bond donors (Lipinski definition) is 1. The molecule has 0 unspecified atom stereocenters. The average Bonchev–Trinajstić information content (AvgIpc) is 2.80. The molecule has 0 aliphatic heterocycles. The van der Waals surface area contributed by atoms with Gasteiger partial charge >= 0.3 is 5.97 Å². The SMILES string of the molecule is Cc1nc(CCOc2cccc(C(C)C)c2)sc1C(=O)O. The summed E-state index contributed by atoms with van der Waals surface area (Å²) in [6.45, 7) is 6.50. The van der Waals surface area contributed by atoms with E-state index < -0.39 is 5.97 Å². The van der Waals surface area contributed by atoms with E-state index in [2.05, 4.69) is 24.9 Å². The van der Waals surface area contributed by atoms with Crippen molar-refractivity contribution >= 4 is 17.3 Å². The zero-order chi connectivity index (χ0) is 15.4. The number of hydrogen-bond acceptors (Lipinski definition) is 4. The van der Waals surface area contributed by atoms with Crippen molar-refractivity contribution in [2.75, 3.05) is 6.61 Å². The molecule has 112 valence electrons. The lowest BCUT2D eigenvalue weighted by molar-refractivity contribution is 0.0701. The van der Waals surface area contributed by atoms with Crippen LogP contribution in [0.1, 0.15) is 45.7 Å². The molecule has 0 amide bonds. The molecule has 0 radical (unpaired) electrons. The third-order valence-corrected chi connectivity index (χ3v) is 4.35. The van der Waals surface area contributed by atoms with Gasteiger partial charge in [0.25, 0.3) is 0 Å². The Morgan fingerprint density at radius 2 is 2.19 bits per heavy atom. The van der Waals surface area contributed by atoms with Crippen LogP contribution in [0.25, 0.3) is 0 Å². The first kappa shape index (κ1) is 15.5. The van der Waals surface area contributed by atoms with Crippen molar-refractivity contribution in [2.24, 2.45) is 0 Å². The fraction of sp³-hybridized carbons (Fsp3) is 0.375. The molecule has 21 heavy (non-hydrogen) atoms. The maximum absolute atomic E-state index is 11.0. The summed E-state index contributed by atoms with van der Waals surface area (Å²) in [6, 6.07) is 8.05. The number of carbonyl (C=O) groups is 1. The molecule has 1 aromatic carbocycles. The van der Waals surface area contributed by atoms with Crippen molar-refractivity contribution in [1.82, 2.24) is 4.98 Å². The van der Waals surface area contributed by atoms with Gasteiger partial charge in [-0.25, -0.2) is 9.78 Å². The third kappa shape index (κ3) is 4.04. The van der Waals surface area contributed by atoms with Crippen LogP contribution < -0.4 is 4.74 Å². The maximum atomic E-state index is 11.0. The second-order valence-electron chi connectivity index (χ2n) is 5.15. The smallest absolute Gasteiger partial charge is 0.347 e. The van der Waals surface area contributed by atoms with Gasteiger partial charge in [-0.3, -0.25) is 0 Å². The van der Waals surface area contributed by atoms with Gasteiger partial charge in [-0.1, -0.05) is 26.0 Å². The van der Waals surface area contributed by atoms with Crippen molar-refractivity contribution in [3.05, 3.63) is 45.4 Å². The summed E-state index contributed by atoms with van der Waals surface area (Å²) in [5.74, 6) is 0.392. The topological polar surface area (TPSA) is 59.4 Å². The van der Waals surface area contributed by atoms with Gasteiger partial charge in [-0.05, 0) is 30.5 Å². The van der Waals surface area contributed by atoms with Gasteiger partial charge in [0.15, 0.2) is 0 Å². The summed E-state index contributed by atoms with van der Waals surface area (Å²) < 4.78 is 5.73. The van der Waals surface area contributed by atoms with E-state index in [1.807, 2.05) is 18.2 Å². The molecular formula is C16H19NO3S. The highest BCUT2D eigenvalue weighted by Gasteiger charge is 2.13. The van der Waals surface area contributed by atoms with Crippen LogP contribution in [-0.4, -0.2) is 22.7 Å². The molecule has 1 aromatic heterocycles. The lowest BCUT2D eigenvalue weighted by Crippen LogP contribution is -2.01. The predicted octanol–water partition coefficient (Wildman–Crippen LogP) is 3.89. The summed E-state index contributed by atoms with van der Waals surface area (Å²) in [6.07, 6.45) is 0.616. The summed E-state index contributed by atoms with van der Waals surface area (Å²) in [4.78, 5) is 15.5. The van der Waals surface area contributed by atoms with Crippen LogP contribution in [0.5, 0.6) is 5.75 Å². The van der Waals surface area contributed by atoms with E-state index in [0.29, 0.717) is 29.5 Å². The van der Waals surface area contributed by atoms with E-state index in [0.717, 1.165) is 10.8 Å². The number of carboxylic acids is 1. The Morgan fingerprint density at radius 3 is 2.81 bits per heavy atom. The number of carboxylic acid groups (broad SMARTS) is 1. The largest absolute Gasteiger partial charge is 0.493 e. The second-order valence-corrected chi connectivity index (χ2v) is 6.24. The van der Waals surface area contributed by atoms with Crippen LogP contribution in [-0.2, 0) is 6.42 Å². The lowest BCUT2D eigenvalue weighted by Gasteiger charge is -2.09. The Morgan fingerprint density at radius 1 is 1.43 bits per heavy atom. The van der Waals surface area contributed by atoms with Crippen LogP contribution in [0.2, 0.25) is 0 Å². The van der Waals surface area contributed by atoms with Crippen LogP contribution in [0.15, 0.2) is 24.3 Å². The molecular weight excluding hydrogens is 286 g/mol. The fourth-order valence-corrected chi connectivity index (χ4v) is 2.86. The number of aromatic nitrogens is 1. The van der Waals surface area contributed by atoms with Gasteiger partial charge in [0.1, 0.15) is 10.6 Å². The van der Waals surface area contributed by atoms with Crippen LogP contribution in [0, 0.1) is 6.92 Å². The van der Waals surface area contributed by atoms with Crippen molar-refractivity contribution in [3.63, 3.8) is 0 Å². The first-order valence-corrected chi connectivity index (χ1v) is 7.71. The molecule has 0 saturated heterocycles. The van der Waals surface area contributed by atoms with E-state index in [-0.39, 0.29) is 0 Å². The van der Waals surface area contributed by atoms with Crippen molar-refractivity contribution in [2.45, 2.75) is 33.1 Å². The Balaban J connectivity index is 1.94. The second kappa shape index (κ2) is 6.72. The number of benzene rings is 1. The quantitative estimate of drug-likeness (QED) is 0.879. The lowest BCUT2D eigenvalue weighted by atomic mass is 10.0. The molecule has 2 rings (SSSR count). The minimum absolute atomic E-state index is 0.312. The molecule has 1 N–H and O–H groups in total. The third-order valence-electron chi connectivity index (χ3n) is 3.14. The molecule has 0 atom stereocenters. The van der Waals surface area contributed by atoms with Crippen molar-refractivity contribution < 1.29 is 14.6 Å². The van der Waals surface area contributed by atoms with Crippen LogP contribution >= 0.6 is 11.3 Å². The highest BCUT2D eigenvalue weighted by molar-refractivity contribution is 7.13. The number of ether oxygens (including phenoxy) is 1. The molecule has 0 fully saturated rings. The van der Waals surface area contributed by atoms with Gasteiger partial charge < -0.3 is 9.84 Å². The summed E-state index contributed by atoms with van der Waals surface area (Å²) in [7, 11) is 0. The Labute approximate surface area is 128 Å². The first-order valence-electron chi connectivity index (χ1n) is 6.89. The molecule has 0 aliphatic carbocycles. The number of thiazole rings is 1. The summed E-state index contributed by atoms with van der Waals surface area (Å²) >= 11 is 1.22. The number of rotatable bonds is 6. The molecule has 5 heteroatoms. The molecule has 0 spiro atoms. The van der Waals surface area contributed by atoms with E-state index in [4.69, 9.17) is 9.84 Å². The van der Waals surface area contributed by atoms with Gasteiger partial charge in [0.05, 0.1) is 17.3 Å². The number of aryl methyl sites for hydroxylation is 1. The van der Waals surface area contributed by atoms with Gasteiger partial charge in [0, 0.05) is 6.42 Å². The van der Waals surface area contributed by atoms with E-state index in [1.165, 1.54) is 16.9 Å². The summed E-state index contributed by atoms with van der Waals surface area (Å²) in [5.41, 5.74) is 1.81. The number of aromatic carboxylic acids is 1.